The Hall–Kier alpha value is -2.15. The van der Waals surface area contributed by atoms with E-state index in [1.54, 1.807) is 18.3 Å². The summed E-state index contributed by atoms with van der Waals surface area (Å²) in [4.78, 5) is 20.8. The van der Waals surface area contributed by atoms with Crippen LogP contribution in [0.1, 0.15) is 31.2 Å². The summed E-state index contributed by atoms with van der Waals surface area (Å²) in [5, 5.41) is 11.6. The maximum absolute atomic E-state index is 12.7. The Bertz CT molecular complexity index is 820. The van der Waals surface area contributed by atoms with Gasteiger partial charge in [-0.15, -0.1) is 0 Å². The van der Waals surface area contributed by atoms with Gasteiger partial charge in [-0.1, -0.05) is 23.7 Å². The fourth-order valence-corrected chi connectivity index (χ4v) is 3.85. The van der Waals surface area contributed by atoms with Crippen LogP contribution in [0.3, 0.4) is 0 Å². The number of halogens is 1. The first kappa shape index (κ1) is 22.5. The van der Waals surface area contributed by atoms with E-state index >= 15 is 0 Å². The van der Waals surface area contributed by atoms with Crippen molar-refractivity contribution in [2.75, 3.05) is 33.3 Å². The van der Waals surface area contributed by atoms with Gasteiger partial charge in [-0.05, 0) is 56.1 Å². The summed E-state index contributed by atoms with van der Waals surface area (Å²) in [5.41, 5.74) is 0.195. The van der Waals surface area contributed by atoms with Gasteiger partial charge in [0.05, 0.1) is 0 Å². The number of nitrogens with zero attached hydrogens (tertiary/aromatic N) is 3. The van der Waals surface area contributed by atoms with E-state index in [0.29, 0.717) is 49.7 Å². The van der Waals surface area contributed by atoms with Crippen LogP contribution < -0.4 is 4.74 Å². The summed E-state index contributed by atoms with van der Waals surface area (Å²) in [5.74, 6) is 0.776. The second kappa shape index (κ2) is 10.8. The topological polar surface area (TPSA) is 65.9 Å². The normalized spacial score (nSPS) is 19.5. The molecule has 1 amide bonds. The molecule has 0 bridgehead atoms. The monoisotopic (exact) mass is 431 g/mol. The Morgan fingerprint density at radius 1 is 1.30 bits per heavy atom. The molecule has 2 aromatic rings. The van der Waals surface area contributed by atoms with Crippen molar-refractivity contribution < 1.29 is 14.6 Å². The number of carbonyl (C=O) groups is 1. The number of aliphatic hydroxyl groups is 1. The van der Waals surface area contributed by atoms with Crippen molar-refractivity contribution in [3.05, 3.63) is 59.4 Å². The Labute approximate surface area is 183 Å². The Kier molecular flexibility index (Phi) is 8.08. The van der Waals surface area contributed by atoms with Gasteiger partial charge in [0.25, 0.3) is 0 Å². The first-order chi connectivity index (χ1) is 14.4. The first-order valence-corrected chi connectivity index (χ1v) is 10.8. The highest BCUT2D eigenvalue weighted by atomic mass is 35.5. The van der Waals surface area contributed by atoms with Crippen LogP contribution in [-0.4, -0.2) is 64.7 Å². The minimum atomic E-state index is -0.936. The number of amides is 1. The smallest absolute Gasteiger partial charge is 0.223 e. The van der Waals surface area contributed by atoms with Crippen molar-refractivity contribution in [2.45, 2.75) is 37.8 Å². The predicted molar refractivity (Wildman–Crippen MR) is 118 cm³/mol. The Morgan fingerprint density at radius 3 is 2.93 bits per heavy atom. The summed E-state index contributed by atoms with van der Waals surface area (Å²) < 4.78 is 5.77. The highest BCUT2D eigenvalue weighted by Gasteiger charge is 2.32. The third-order valence-corrected chi connectivity index (χ3v) is 5.69. The zero-order valence-corrected chi connectivity index (χ0v) is 18.2. The number of likely N-dealkylation sites (tertiary alicyclic amines) is 1. The molecule has 1 unspecified atom stereocenters. The molecule has 1 aliphatic rings. The zero-order valence-electron chi connectivity index (χ0n) is 17.5. The SMILES string of the molecule is CN(CCC(=O)N1CCCC(O)(COc2cccc(Cl)c2)CC1)Cc1cccnc1. The summed E-state index contributed by atoms with van der Waals surface area (Å²) in [6.45, 7) is 2.86. The molecule has 1 fully saturated rings. The third-order valence-electron chi connectivity index (χ3n) is 5.46. The summed E-state index contributed by atoms with van der Waals surface area (Å²) in [6.07, 6.45) is 5.94. The largest absolute Gasteiger partial charge is 0.491 e. The van der Waals surface area contributed by atoms with Gasteiger partial charge in [0.15, 0.2) is 0 Å². The van der Waals surface area contributed by atoms with Gasteiger partial charge in [0.2, 0.25) is 5.91 Å². The van der Waals surface area contributed by atoms with E-state index in [1.807, 2.05) is 42.4 Å². The fraction of sp³-hybridized carbons (Fsp3) is 0.478. The molecule has 2 heterocycles. The number of benzene rings is 1. The van der Waals surface area contributed by atoms with Gasteiger partial charge < -0.3 is 19.6 Å². The number of carbonyl (C=O) groups excluding carboxylic acids is 1. The lowest BCUT2D eigenvalue weighted by Gasteiger charge is -2.27. The van der Waals surface area contributed by atoms with Crippen molar-refractivity contribution in [1.29, 1.82) is 0 Å². The minimum absolute atomic E-state index is 0.132. The van der Waals surface area contributed by atoms with Crippen molar-refractivity contribution >= 4 is 17.5 Å². The van der Waals surface area contributed by atoms with Crippen molar-refractivity contribution in [1.82, 2.24) is 14.8 Å². The molecule has 1 N–H and O–H groups in total. The van der Waals surface area contributed by atoms with Gasteiger partial charge in [-0.25, -0.2) is 0 Å². The van der Waals surface area contributed by atoms with E-state index < -0.39 is 5.60 Å². The predicted octanol–water partition coefficient (Wildman–Crippen LogP) is 3.38. The van der Waals surface area contributed by atoms with Gasteiger partial charge in [-0.3, -0.25) is 9.78 Å². The molecule has 0 spiro atoms. The molecular weight excluding hydrogens is 402 g/mol. The highest BCUT2D eigenvalue weighted by Crippen LogP contribution is 2.25. The van der Waals surface area contributed by atoms with Crippen LogP contribution in [0.15, 0.2) is 48.8 Å². The van der Waals surface area contributed by atoms with Crippen molar-refractivity contribution in [3.63, 3.8) is 0 Å². The highest BCUT2D eigenvalue weighted by molar-refractivity contribution is 6.30. The fourth-order valence-electron chi connectivity index (χ4n) is 3.67. The maximum atomic E-state index is 12.7. The molecule has 1 aromatic heterocycles. The van der Waals surface area contributed by atoms with E-state index in [4.69, 9.17) is 16.3 Å². The van der Waals surface area contributed by atoms with E-state index in [0.717, 1.165) is 18.5 Å². The van der Waals surface area contributed by atoms with Crippen LogP contribution in [0.4, 0.5) is 0 Å². The molecule has 0 saturated carbocycles. The van der Waals surface area contributed by atoms with Crippen molar-refractivity contribution in [2.24, 2.45) is 0 Å². The lowest BCUT2D eigenvalue weighted by molar-refractivity contribution is -0.131. The zero-order chi connectivity index (χ0) is 21.4. The molecule has 0 radical (unpaired) electrons. The summed E-state index contributed by atoms with van der Waals surface area (Å²) in [7, 11) is 2.01. The van der Waals surface area contributed by atoms with Crippen LogP contribution >= 0.6 is 11.6 Å². The molecule has 7 heteroatoms. The molecule has 6 nitrogen and oxygen atoms in total. The molecule has 1 aliphatic heterocycles. The van der Waals surface area contributed by atoms with Crippen LogP contribution in [-0.2, 0) is 11.3 Å². The van der Waals surface area contributed by atoms with E-state index in [9.17, 15) is 9.90 Å². The molecule has 0 aliphatic carbocycles. The standard InChI is InChI=1S/C23H30ClN3O3/c1-26(17-19-5-3-11-25-16-19)13-8-22(28)27-12-4-9-23(29,10-14-27)18-30-21-7-2-6-20(24)15-21/h2-3,5-7,11,15-16,29H,4,8-10,12-14,17-18H2,1H3. The lowest BCUT2D eigenvalue weighted by atomic mass is 9.96. The molecule has 1 saturated heterocycles. The maximum Gasteiger partial charge on any atom is 0.223 e. The first-order valence-electron chi connectivity index (χ1n) is 10.4. The summed E-state index contributed by atoms with van der Waals surface area (Å²) in [6, 6.07) is 11.1. The van der Waals surface area contributed by atoms with E-state index in [1.165, 1.54) is 0 Å². The Morgan fingerprint density at radius 2 is 2.17 bits per heavy atom. The number of hydrogen-bond acceptors (Lipinski definition) is 5. The number of aromatic nitrogens is 1. The number of hydrogen-bond donors (Lipinski definition) is 1. The van der Waals surface area contributed by atoms with Crippen LogP contribution in [0.25, 0.3) is 0 Å². The quantitative estimate of drug-likeness (QED) is 0.694. The second-order valence-electron chi connectivity index (χ2n) is 8.05. The number of ether oxygens (including phenoxy) is 1. The number of pyridine rings is 1. The molecule has 162 valence electrons. The van der Waals surface area contributed by atoms with Gasteiger partial charge in [0.1, 0.15) is 18.0 Å². The molecule has 30 heavy (non-hydrogen) atoms. The van der Waals surface area contributed by atoms with E-state index in [2.05, 4.69) is 9.88 Å². The summed E-state index contributed by atoms with van der Waals surface area (Å²) >= 11 is 5.99. The van der Waals surface area contributed by atoms with Crippen LogP contribution in [0.5, 0.6) is 5.75 Å². The van der Waals surface area contributed by atoms with E-state index in [-0.39, 0.29) is 12.5 Å². The Balaban J connectivity index is 1.43. The molecular formula is C23H30ClN3O3. The van der Waals surface area contributed by atoms with Gasteiger partial charge >= 0.3 is 0 Å². The van der Waals surface area contributed by atoms with Crippen LogP contribution in [0, 0.1) is 0 Å². The average molecular weight is 432 g/mol. The molecule has 1 atom stereocenters. The minimum Gasteiger partial charge on any atom is -0.491 e. The average Bonchev–Trinajstić information content (AvgIpc) is 2.94. The lowest BCUT2D eigenvalue weighted by Crippen LogP contribution is -2.39. The van der Waals surface area contributed by atoms with Crippen LogP contribution in [0.2, 0.25) is 5.02 Å². The second-order valence-corrected chi connectivity index (χ2v) is 8.49. The molecule has 1 aromatic carbocycles. The van der Waals surface area contributed by atoms with Gasteiger partial charge in [0, 0.05) is 50.0 Å². The number of rotatable bonds is 8. The molecule has 3 rings (SSSR count). The van der Waals surface area contributed by atoms with Gasteiger partial charge in [-0.2, -0.15) is 0 Å². The third kappa shape index (κ3) is 6.97. The van der Waals surface area contributed by atoms with Crippen molar-refractivity contribution in [3.8, 4) is 5.75 Å².